The number of unbranched alkanes of at least 4 members (excludes halogenated alkanes) is 21. The maximum atomic E-state index is 12.8. The first kappa shape index (κ1) is 65.5. The molecule has 0 aromatic heterocycles. The van der Waals surface area contributed by atoms with Crippen LogP contribution in [0.3, 0.4) is 0 Å². The van der Waals surface area contributed by atoms with Gasteiger partial charge < -0.3 is 33.3 Å². The van der Waals surface area contributed by atoms with Gasteiger partial charge in [-0.05, 0) is 70.6 Å². The number of esters is 2. The zero-order valence-corrected chi connectivity index (χ0v) is 44.9. The first-order chi connectivity index (χ1) is 33.6. The molecular weight excluding hydrogens is 863 g/mol. The minimum Gasteiger partial charge on any atom is -0.545 e. The Hall–Kier alpha value is -3.53. The summed E-state index contributed by atoms with van der Waals surface area (Å²) in [6.07, 6.45) is 63.5. The van der Waals surface area contributed by atoms with Crippen molar-refractivity contribution in [2.75, 3.05) is 47.5 Å². The SMILES string of the molecule is CC/C=C\C/C=C\C/C=C\C/C=C\C/C=C\C/C=C\C/C=C\CCCCCCCCCCCCCC(=O)OC(COC(=O)CCCCCCCCCCCCC)COC(OCC[N+](C)(C)C)C(=O)[O-]. The fraction of sp³-hybridized carbons (Fsp3) is 0.717. The number of likely N-dealkylation sites (N-methyl/N-ethyl adjacent to an activating group) is 1. The van der Waals surface area contributed by atoms with Gasteiger partial charge in [0.1, 0.15) is 13.2 Å². The summed E-state index contributed by atoms with van der Waals surface area (Å²) in [7, 11) is 5.91. The van der Waals surface area contributed by atoms with Gasteiger partial charge in [0.15, 0.2) is 12.4 Å². The standard InChI is InChI=1S/C60H103NO8/c1-6-8-10-12-14-16-18-19-20-21-22-23-24-25-26-27-28-29-30-31-32-33-34-35-36-37-38-39-41-43-45-47-49-51-58(63)69-56(55-68-60(59(64)65)66-53-52-61(3,4)5)54-67-57(62)50-48-46-44-42-40-17-15-13-11-9-7-2/h8,10,14,16,19-20,22-23,25-26,28-29,31-32,56,60H,6-7,9,11-13,15,17-18,21,24,27,30,33-55H2,1-5H3/b10-8-,16-14-,20-19-,23-22-,26-25-,29-28-,32-31-. The van der Waals surface area contributed by atoms with Crippen molar-refractivity contribution >= 4 is 17.9 Å². The molecule has 9 heteroatoms. The Labute approximate surface area is 423 Å². The first-order valence-electron chi connectivity index (χ1n) is 27.7. The lowest BCUT2D eigenvalue weighted by molar-refractivity contribution is -0.870. The molecule has 0 aromatic rings. The molecule has 0 aliphatic rings. The molecule has 0 saturated carbocycles. The van der Waals surface area contributed by atoms with Gasteiger partial charge in [-0.2, -0.15) is 0 Å². The summed E-state index contributed by atoms with van der Waals surface area (Å²) in [5, 5.41) is 11.7. The number of carbonyl (C=O) groups excluding carboxylic acids is 3. The molecule has 0 heterocycles. The van der Waals surface area contributed by atoms with Gasteiger partial charge in [-0.3, -0.25) is 9.59 Å². The van der Waals surface area contributed by atoms with Crippen LogP contribution in [0.5, 0.6) is 0 Å². The molecule has 0 aliphatic carbocycles. The van der Waals surface area contributed by atoms with Crippen molar-refractivity contribution in [3.8, 4) is 0 Å². The van der Waals surface area contributed by atoms with Crippen molar-refractivity contribution in [3.05, 3.63) is 85.1 Å². The highest BCUT2D eigenvalue weighted by atomic mass is 16.7. The first-order valence-corrected chi connectivity index (χ1v) is 27.7. The highest BCUT2D eigenvalue weighted by Crippen LogP contribution is 2.15. The van der Waals surface area contributed by atoms with Gasteiger partial charge in [-0.25, -0.2) is 0 Å². The Balaban J connectivity index is 4.16. The number of nitrogens with zero attached hydrogens (tertiary/aromatic N) is 1. The van der Waals surface area contributed by atoms with Crippen molar-refractivity contribution in [3.63, 3.8) is 0 Å². The largest absolute Gasteiger partial charge is 0.545 e. The van der Waals surface area contributed by atoms with Crippen molar-refractivity contribution in [2.45, 2.75) is 232 Å². The third-order valence-corrected chi connectivity index (χ3v) is 11.7. The number of carbonyl (C=O) groups is 3. The second kappa shape index (κ2) is 50.8. The van der Waals surface area contributed by atoms with Crippen LogP contribution in [-0.2, 0) is 33.3 Å². The fourth-order valence-electron chi connectivity index (χ4n) is 7.40. The molecule has 0 amide bonds. The second-order valence-corrected chi connectivity index (χ2v) is 19.5. The van der Waals surface area contributed by atoms with Crippen LogP contribution in [0.25, 0.3) is 0 Å². The van der Waals surface area contributed by atoms with E-state index in [1.165, 1.54) is 96.3 Å². The van der Waals surface area contributed by atoms with Crippen LogP contribution in [0, 0.1) is 0 Å². The molecule has 69 heavy (non-hydrogen) atoms. The molecule has 0 spiro atoms. The quantitative estimate of drug-likeness (QED) is 0.0195. The molecular formula is C60H103NO8. The van der Waals surface area contributed by atoms with E-state index in [2.05, 4.69) is 98.9 Å². The highest BCUT2D eigenvalue weighted by Gasteiger charge is 2.22. The molecule has 0 N–H and O–H groups in total. The normalized spacial score (nSPS) is 13.5. The maximum Gasteiger partial charge on any atom is 0.306 e. The second-order valence-electron chi connectivity index (χ2n) is 19.5. The monoisotopic (exact) mass is 966 g/mol. The van der Waals surface area contributed by atoms with Crippen LogP contribution >= 0.6 is 0 Å². The van der Waals surface area contributed by atoms with Crippen molar-refractivity contribution in [1.82, 2.24) is 0 Å². The van der Waals surface area contributed by atoms with Gasteiger partial charge in [-0.1, -0.05) is 221 Å². The van der Waals surface area contributed by atoms with E-state index in [4.69, 9.17) is 18.9 Å². The number of rotatable bonds is 50. The molecule has 0 bridgehead atoms. The molecule has 0 rings (SSSR count). The lowest BCUT2D eigenvalue weighted by Gasteiger charge is -2.26. The third kappa shape index (κ3) is 52.1. The highest BCUT2D eigenvalue weighted by molar-refractivity contribution is 5.70. The number of carboxylic acids is 1. The van der Waals surface area contributed by atoms with E-state index in [0.29, 0.717) is 23.9 Å². The van der Waals surface area contributed by atoms with E-state index < -0.39 is 24.3 Å². The minimum atomic E-state index is -1.62. The van der Waals surface area contributed by atoms with E-state index in [1.807, 2.05) is 21.1 Å². The average Bonchev–Trinajstić information content (AvgIpc) is 3.31. The summed E-state index contributed by atoms with van der Waals surface area (Å²) < 4.78 is 22.6. The number of hydrogen-bond acceptors (Lipinski definition) is 8. The van der Waals surface area contributed by atoms with Gasteiger partial charge in [0.25, 0.3) is 0 Å². The number of hydrogen-bond donors (Lipinski definition) is 0. The molecule has 0 saturated heterocycles. The minimum absolute atomic E-state index is 0.145. The van der Waals surface area contributed by atoms with Crippen molar-refractivity contribution in [1.29, 1.82) is 0 Å². The van der Waals surface area contributed by atoms with Crippen LogP contribution < -0.4 is 5.11 Å². The Bertz CT molecular complexity index is 1400. The Kier molecular flexibility index (Phi) is 48.2. The number of allylic oxidation sites excluding steroid dienone is 14. The summed E-state index contributed by atoms with van der Waals surface area (Å²) in [4.78, 5) is 37.1. The predicted octanol–water partition coefficient (Wildman–Crippen LogP) is 14.7. The lowest BCUT2D eigenvalue weighted by Crippen LogP contribution is -2.44. The third-order valence-electron chi connectivity index (χ3n) is 11.7. The van der Waals surface area contributed by atoms with Gasteiger partial charge in [-0.15, -0.1) is 0 Å². The number of carboxylic acid groups (broad SMARTS) is 1. The zero-order chi connectivity index (χ0) is 50.6. The van der Waals surface area contributed by atoms with Gasteiger partial charge in [0, 0.05) is 12.8 Å². The van der Waals surface area contributed by atoms with E-state index in [0.717, 1.165) is 89.9 Å². The Morgan fingerprint density at radius 2 is 0.826 bits per heavy atom. The molecule has 0 aliphatic heterocycles. The molecule has 0 fully saturated rings. The molecule has 0 radical (unpaired) electrons. The Morgan fingerprint density at radius 1 is 0.449 bits per heavy atom. The molecule has 2 unspecified atom stereocenters. The number of quaternary nitrogens is 1. The maximum absolute atomic E-state index is 12.8. The van der Waals surface area contributed by atoms with E-state index >= 15 is 0 Å². The number of aliphatic carboxylic acids is 1. The Morgan fingerprint density at radius 3 is 1.23 bits per heavy atom. The molecule has 0 aromatic carbocycles. The summed E-state index contributed by atoms with van der Waals surface area (Å²) in [6, 6.07) is 0. The van der Waals surface area contributed by atoms with Gasteiger partial charge in [0.2, 0.25) is 0 Å². The van der Waals surface area contributed by atoms with E-state index in [1.54, 1.807) is 0 Å². The van der Waals surface area contributed by atoms with Crippen LogP contribution in [0.4, 0.5) is 0 Å². The smallest absolute Gasteiger partial charge is 0.306 e. The number of ether oxygens (including phenoxy) is 4. The van der Waals surface area contributed by atoms with Crippen LogP contribution in [0.2, 0.25) is 0 Å². The molecule has 396 valence electrons. The van der Waals surface area contributed by atoms with Gasteiger partial charge >= 0.3 is 11.9 Å². The van der Waals surface area contributed by atoms with E-state index in [9.17, 15) is 19.5 Å². The average molecular weight is 966 g/mol. The predicted molar refractivity (Wildman–Crippen MR) is 288 cm³/mol. The zero-order valence-electron chi connectivity index (χ0n) is 44.9. The topological polar surface area (TPSA) is 111 Å². The molecule has 2 atom stereocenters. The summed E-state index contributed by atoms with van der Waals surface area (Å²) in [5.41, 5.74) is 0. The van der Waals surface area contributed by atoms with Crippen LogP contribution in [0.15, 0.2) is 85.1 Å². The van der Waals surface area contributed by atoms with Gasteiger partial charge in [0.05, 0.1) is 40.3 Å². The van der Waals surface area contributed by atoms with E-state index in [-0.39, 0.29) is 32.2 Å². The summed E-state index contributed by atoms with van der Waals surface area (Å²) in [5.74, 6) is -2.29. The fourth-order valence-corrected chi connectivity index (χ4v) is 7.40. The summed E-state index contributed by atoms with van der Waals surface area (Å²) >= 11 is 0. The summed E-state index contributed by atoms with van der Waals surface area (Å²) in [6.45, 7) is 4.61. The van der Waals surface area contributed by atoms with Crippen LogP contribution in [0.1, 0.15) is 219 Å². The van der Waals surface area contributed by atoms with Crippen LogP contribution in [-0.4, -0.2) is 82.3 Å². The lowest BCUT2D eigenvalue weighted by atomic mass is 10.0. The van der Waals surface area contributed by atoms with Crippen molar-refractivity contribution in [2.24, 2.45) is 0 Å². The molecule has 9 nitrogen and oxygen atoms in total. The van der Waals surface area contributed by atoms with Crippen molar-refractivity contribution < 1.29 is 42.9 Å².